The van der Waals surface area contributed by atoms with Crippen molar-refractivity contribution in [2.75, 3.05) is 12.3 Å². The van der Waals surface area contributed by atoms with Crippen molar-refractivity contribution in [2.45, 2.75) is 33.2 Å². The Kier molecular flexibility index (Phi) is 4.46. The maximum Gasteiger partial charge on any atom is 0.415 e. The summed E-state index contributed by atoms with van der Waals surface area (Å²) in [6, 6.07) is 4.76. The highest BCUT2D eigenvalue weighted by atomic mass is 35.5. The van der Waals surface area contributed by atoms with Crippen molar-refractivity contribution in [1.29, 1.82) is 0 Å². The number of hydrogen-bond donors (Lipinski definition) is 1. The molecule has 1 aromatic rings. The van der Waals surface area contributed by atoms with Gasteiger partial charge in [-0.2, -0.15) is 0 Å². The van der Waals surface area contributed by atoms with Crippen molar-refractivity contribution in [3.63, 3.8) is 0 Å². The van der Waals surface area contributed by atoms with Crippen LogP contribution in [0.5, 0.6) is 5.75 Å². The van der Waals surface area contributed by atoms with Crippen LogP contribution in [0.4, 0.5) is 10.5 Å². The van der Waals surface area contributed by atoms with Crippen molar-refractivity contribution < 1.29 is 9.53 Å². The standard InChI is InChI=1S/C13H19ClN2O2/c1-5-16(13(2,3)4)12(17)18-9-6-7-11(15)10(14)8-9/h6-8H,5,15H2,1-4H3. The summed E-state index contributed by atoms with van der Waals surface area (Å²) in [4.78, 5) is 13.7. The zero-order chi connectivity index (χ0) is 13.9. The van der Waals surface area contributed by atoms with Gasteiger partial charge >= 0.3 is 6.09 Å². The minimum Gasteiger partial charge on any atom is -0.410 e. The molecular formula is C13H19ClN2O2. The van der Waals surface area contributed by atoms with Crippen molar-refractivity contribution >= 4 is 23.4 Å². The molecule has 18 heavy (non-hydrogen) atoms. The molecule has 100 valence electrons. The van der Waals surface area contributed by atoms with E-state index in [0.717, 1.165) is 0 Å². The van der Waals surface area contributed by atoms with E-state index >= 15 is 0 Å². The molecule has 0 atom stereocenters. The smallest absolute Gasteiger partial charge is 0.410 e. The Morgan fingerprint density at radius 1 is 1.44 bits per heavy atom. The van der Waals surface area contributed by atoms with Crippen LogP contribution in [0.3, 0.4) is 0 Å². The predicted molar refractivity (Wildman–Crippen MR) is 74.0 cm³/mol. The number of nitrogens with zero attached hydrogens (tertiary/aromatic N) is 1. The van der Waals surface area contributed by atoms with Gasteiger partial charge in [-0.25, -0.2) is 4.79 Å². The second kappa shape index (κ2) is 5.48. The molecule has 0 bridgehead atoms. The molecule has 0 aliphatic rings. The van der Waals surface area contributed by atoms with Crippen molar-refractivity contribution in [1.82, 2.24) is 4.90 Å². The van der Waals surface area contributed by atoms with Gasteiger partial charge in [0.2, 0.25) is 0 Å². The predicted octanol–water partition coefficient (Wildman–Crippen LogP) is 3.54. The average molecular weight is 271 g/mol. The van der Waals surface area contributed by atoms with Gasteiger partial charge in [-0.15, -0.1) is 0 Å². The molecule has 0 saturated heterocycles. The normalized spacial score (nSPS) is 11.2. The highest BCUT2D eigenvalue weighted by Gasteiger charge is 2.26. The molecule has 0 unspecified atom stereocenters. The number of amides is 1. The van der Waals surface area contributed by atoms with E-state index in [9.17, 15) is 4.79 Å². The SMILES string of the molecule is CCN(C(=O)Oc1ccc(N)c(Cl)c1)C(C)(C)C. The van der Waals surface area contributed by atoms with Crippen molar-refractivity contribution in [2.24, 2.45) is 0 Å². The van der Waals surface area contributed by atoms with Crippen LogP contribution >= 0.6 is 11.6 Å². The van der Waals surface area contributed by atoms with Crippen LogP contribution in [0.2, 0.25) is 5.02 Å². The van der Waals surface area contributed by atoms with Crippen LogP contribution in [0.25, 0.3) is 0 Å². The van der Waals surface area contributed by atoms with Gasteiger partial charge in [-0.05, 0) is 39.8 Å². The zero-order valence-electron chi connectivity index (χ0n) is 11.2. The molecule has 4 nitrogen and oxygen atoms in total. The fourth-order valence-corrected chi connectivity index (χ4v) is 1.78. The Morgan fingerprint density at radius 2 is 2.06 bits per heavy atom. The second-order valence-electron chi connectivity index (χ2n) is 4.97. The molecule has 1 aromatic carbocycles. The summed E-state index contributed by atoms with van der Waals surface area (Å²) in [6.07, 6.45) is -0.397. The van der Waals surface area contributed by atoms with E-state index in [2.05, 4.69) is 0 Å². The third-order valence-electron chi connectivity index (χ3n) is 2.52. The largest absolute Gasteiger partial charge is 0.415 e. The zero-order valence-corrected chi connectivity index (χ0v) is 11.9. The Morgan fingerprint density at radius 3 is 2.50 bits per heavy atom. The van der Waals surface area contributed by atoms with Gasteiger partial charge < -0.3 is 15.4 Å². The first kappa shape index (κ1) is 14.6. The summed E-state index contributed by atoms with van der Waals surface area (Å²) in [7, 11) is 0. The van der Waals surface area contributed by atoms with E-state index in [1.54, 1.807) is 17.0 Å². The summed E-state index contributed by atoms with van der Waals surface area (Å²) in [5, 5.41) is 0.374. The van der Waals surface area contributed by atoms with E-state index < -0.39 is 6.09 Å². The number of carbonyl (C=O) groups is 1. The lowest BCUT2D eigenvalue weighted by atomic mass is 10.1. The molecule has 0 spiro atoms. The van der Waals surface area contributed by atoms with Gasteiger partial charge in [-0.3, -0.25) is 0 Å². The summed E-state index contributed by atoms with van der Waals surface area (Å²) < 4.78 is 5.28. The minimum absolute atomic E-state index is 0.288. The number of anilines is 1. The Bertz CT molecular complexity index is 441. The molecule has 0 saturated carbocycles. The summed E-state index contributed by atoms with van der Waals surface area (Å²) >= 11 is 5.87. The van der Waals surface area contributed by atoms with E-state index in [4.69, 9.17) is 22.1 Å². The van der Waals surface area contributed by atoms with Crippen molar-refractivity contribution in [3.05, 3.63) is 23.2 Å². The van der Waals surface area contributed by atoms with E-state index in [1.807, 2.05) is 27.7 Å². The van der Waals surface area contributed by atoms with Gasteiger partial charge in [0, 0.05) is 18.2 Å². The molecular weight excluding hydrogens is 252 g/mol. The fourth-order valence-electron chi connectivity index (χ4n) is 1.60. The maximum absolute atomic E-state index is 12.0. The minimum atomic E-state index is -0.397. The number of hydrogen-bond acceptors (Lipinski definition) is 3. The van der Waals surface area contributed by atoms with Crippen LogP contribution in [0, 0.1) is 0 Å². The Balaban J connectivity index is 2.83. The molecule has 1 amide bonds. The topological polar surface area (TPSA) is 55.6 Å². The summed E-state index contributed by atoms with van der Waals surface area (Å²) in [5.41, 5.74) is 5.76. The van der Waals surface area contributed by atoms with Crippen molar-refractivity contribution in [3.8, 4) is 5.75 Å². The second-order valence-corrected chi connectivity index (χ2v) is 5.37. The van der Waals surface area contributed by atoms with Crippen LogP contribution in [-0.4, -0.2) is 23.1 Å². The fraction of sp³-hybridized carbons (Fsp3) is 0.462. The van der Waals surface area contributed by atoms with E-state index in [0.29, 0.717) is 23.0 Å². The molecule has 2 N–H and O–H groups in total. The quantitative estimate of drug-likeness (QED) is 0.836. The monoisotopic (exact) mass is 270 g/mol. The lowest BCUT2D eigenvalue weighted by Gasteiger charge is -2.33. The number of carbonyl (C=O) groups excluding carboxylic acids is 1. The lowest BCUT2D eigenvalue weighted by Crippen LogP contribution is -2.46. The van der Waals surface area contributed by atoms with Gasteiger partial charge in [0.05, 0.1) is 10.7 Å². The average Bonchev–Trinajstić information content (AvgIpc) is 2.22. The third-order valence-corrected chi connectivity index (χ3v) is 2.85. The van der Waals surface area contributed by atoms with Crippen LogP contribution in [0.1, 0.15) is 27.7 Å². The third kappa shape index (κ3) is 3.53. The molecule has 0 aromatic heterocycles. The number of nitrogen functional groups attached to an aromatic ring is 1. The first-order valence-corrected chi connectivity index (χ1v) is 6.18. The number of halogens is 1. The molecule has 0 aliphatic carbocycles. The number of nitrogens with two attached hydrogens (primary N) is 1. The van der Waals surface area contributed by atoms with Crippen LogP contribution in [-0.2, 0) is 0 Å². The molecule has 1 rings (SSSR count). The molecule has 0 fully saturated rings. The molecule has 5 heteroatoms. The highest BCUT2D eigenvalue weighted by molar-refractivity contribution is 6.33. The molecule has 0 heterocycles. The maximum atomic E-state index is 12.0. The Labute approximate surface area is 113 Å². The number of rotatable bonds is 2. The van der Waals surface area contributed by atoms with Crippen LogP contribution < -0.4 is 10.5 Å². The van der Waals surface area contributed by atoms with E-state index in [1.165, 1.54) is 6.07 Å². The van der Waals surface area contributed by atoms with E-state index in [-0.39, 0.29) is 5.54 Å². The van der Waals surface area contributed by atoms with Gasteiger partial charge in [0.1, 0.15) is 5.75 Å². The lowest BCUT2D eigenvalue weighted by molar-refractivity contribution is 0.110. The van der Waals surface area contributed by atoms with Gasteiger partial charge in [0.15, 0.2) is 0 Å². The van der Waals surface area contributed by atoms with Gasteiger partial charge in [0.25, 0.3) is 0 Å². The van der Waals surface area contributed by atoms with Gasteiger partial charge in [-0.1, -0.05) is 11.6 Å². The molecule has 0 aliphatic heterocycles. The first-order chi connectivity index (χ1) is 8.25. The van der Waals surface area contributed by atoms with Crippen LogP contribution in [0.15, 0.2) is 18.2 Å². The summed E-state index contributed by atoms with van der Waals surface area (Å²) in [6.45, 7) is 8.34. The summed E-state index contributed by atoms with van der Waals surface area (Å²) in [5.74, 6) is 0.391. The number of ether oxygens (including phenoxy) is 1. The molecule has 0 radical (unpaired) electrons. The first-order valence-electron chi connectivity index (χ1n) is 5.80. The Hall–Kier alpha value is -1.42. The number of benzene rings is 1. The highest BCUT2D eigenvalue weighted by Crippen LogP contribution is 2.25.